The summed E-state index contributed by atoms with van der Waals surface area (Å²) in [4.78, 5) is 12.0. The number of aliphatic hydroxyl groups excluding tert-OH is 1. The Balaban J connectivity index is 2.72. The fourth-order valence-electron chi connectivity index (χ4n) is 1.51. The zero-order valence-electron chi connectivity index (χ0n) is 11.3. The van der Waals surface area contributed by atoms with Gasteiger partial charge in [-0.1, -0.05) is 18.5 Å². The lowest BCUT2D eigenvalue weighted by Crippen LogP contribution is -2.27. The topological polar surface area (TPSA) is 58.6 Å². The minimum Gasteiger partial charge on any atom is -0.493 e. The molecule has 19 heavy (non-hydrogen) atoms. The molecule has 0 spiro atoms. The molecule has 0 bridgehead atoms. The summed E-state index contributed by atoms with van der Waals surface area (Å²) in [6.07, 6.45) is 0.943. The van der Waals surface area contributed by atoms with Gasteiger partial charge in [0.05, 0.1) is 18.3 Å². The number of rotatable bonds is 7. The van der Waals surface area contributed by atoms with Gasteiger partial charge in [0.15, 0.2) is 0 Å². The first kappa shape index (κ1) is 15.8. The van der Waals surface area contributed by atoms with E-state index < -0.39 is 6.10 Å². The van der Waals surface area contributed by atoms with Gasteiger partial charge in [0, 0.05) is 11.6 Å². The molecule has 0 saturated carbocycles. The van der Waals surface area contributed by atoms with E-state index in [1.807, 2.05) is 6.92 Å². The van der Waals surface area contributed by atoms with Crippen LogP contribution in [0.2, 0.25) is 5.02 Å². The number of halogens is 1. The van der Waals surface area contributed by atoms with Crippen molar-refractivity contribution in [2.24, 2.45) is 0 Å². The molecule has 0 radical (unpaired) electrons. The van der Waals surface area contributed by atoms with E-state index in [9.17, 15) is 4.79 Å². The van der Waals surface area contributed by atoms with Crippen LogP contribution in [0.3, 0.4) is 0 Å². The second-order valence-electron chi connectivity index (χ2n) is 4.38. The molecule has 1 atom stereocenters. The first-order valence-corrected chi connectivity index (χ1v) is 6.81. The van der Waals surface area contributed by atoms with Crippen molar-refractivity contribution in [3.63, 3.8) is 0 Å². The maximum atomic E-state index is 12.0. The highest BCUT2D eigenvalue weighted by atomic mass is 35.5. The maximum absolute atomic E-state index is 12.0. The number of hydrogen-bond donors (Lipinski definition) is 2. The minimum atomic E-state index is -0.435. The fourth-order valence-corrected chi connectivity index (χ4v) is 1.68. The summed E-state index contributed by atoms with van der Waals surface area (Å²) in [6.45, 7) is 4.64. The van der Waals surface area contributed by atoms with E-state index in [0.717, 1.165) is 6.42 Å². The predicted octanol–water partition coefficient (Wildman–Crippen LogP) is 2.63. The Kier molecular flexibility index (Phi) is 6.67. The van der Waals surface area contributed by atoms with Crippen molar-refractivity contribution in [1.82, 2.24) is 5.32 Å². The second kappa shape index (κ2) is 8.02. The molecule has 0 aliphatic heterocycles. The zero-order valence-corrected chi connectivity index (χ0v) is 12.0. The van der Waals surface area contributed by atoms with Gasteiger partial charge in [-0.05, 0) is 38.0 Å². The standard InChI is InChI=1S/C14H20ClNO3/c1-3-8-19-13-5-4-11(15)9-12(13)14(18)16-7-6-10(2)17/h4-5,9-10,17H,3,6-8H2,1-2H3,(H,16,18). The summed E-state index contributed by atoms with van der Waals surface area (Å²) in [6, 6.07) is 4.98. The third kappa shape index (κ3) is 5.49. The molecule has 1 aromatic carbocycles. The summed E-state index contributed by atoms with van der Waals surface area (Å²) >= 11 is 5.90. The first-order valence-electron chi connectivity index (χ1n) is 6.43. The van der Waals surface area contributed by atoms with Crippen LogP contribution >= 0.6 is 11.6 Å². The molecule has 1 unspecified atom stereocenters. The highest BCUT2D eigenvalue weighted by Gasteiger charge is 2.13. The van der Waals surface area contributed by atoms with Gasteiger partial charge < -0.3 is 15.2 Å². The molecule has 1 rings (SSSR count). The SMILES string of the molecule is CCCOc1ccc(Cl)cc1C(=O)NCCC(C)O. The molecule has 0 aliphatic rings. The van der Waals surface area contributed by atoms with Gasteiger partial charge >= 0.3 is 0 Å². The van der Waals surface area contributed by atoms with E-state index in [4.69, 9.17) is 21.4 Å². The van der Waals surface area contributed by atoms with Crippen molar-refractivity contribution < 1.29 is 14.6 Å². The molecule has 106 valence electrons. The van der Waals surface area contributed by atoms with E-state index in [-0.39, 0.29) is 5.91 Å². The van der Waals surface area contributed by atoms with Crippen molar-refractivity contribution in [2.45, 2.75) is 32.8 Å². The number of carbonyl (C=O) groups excluding carboxylic acids is 1. The number of benzene rings is 1. The lowest BCUT2D eigenvalue weighted by molar-refractivity contribution is 0.0941. The summed E-state index contributed by atoms with van der Waals surface area (Å²) in [7, 11) is 0. The van der Waals surface area contributed by atoms with E-state index in [2.05, 4.69) is 5.32 Å². The molecule has 2 N–H and O–H groups in total. The Bertz CT molecular complexity index is 421. The van der Waals surface area contributed by atoms with Gasteiger partial charge in [-0.15, -0.1) is 0 Å². The van der Waals surface area contributed by atoms with Crippen molar-refractivity contribution >= 4 is 17.5 Å². The Hall–Kier alpha value is -1.26. The third-order valence-electron chi connectivity index (χ3n) is 2.50. The Morgan fingerprint density at radius 3 is 2.89 bits per heavy atom. The zero-order chi connectivity index (χ0) is 14.3. The Morgan fingerprint density at radius 1 is 1.53 bits per heavy atom. The van der Waals surface area contributed by atoms with Gasteiger partial charge in [-0.3, -0.25) is 4.79 Å². The largest absolute Gasteiger partial charge is 0.493 e. The van der Waals surface area contributed by atoms with Gasteiger partial charge in [0.25, 0.3) is 5.91 Å². The van der Waals surface area contributed by atoms with E-state index >= 15 is 0 Å². The average molecular weight is 286 g/mol. The minimum absolute atomic E-state index is 0.241. The third-order valence-corrected chi connectivity index (χ3v) is 2.73. The molecule has 0 aliphatic carbocycles. The van der Waals surface area contributed by atoms with E-state index in [1.54, 1.807) is 25.1 Å². The molecule has 0 fully saturated rings. The van der Waals surface area contributed by atoms with Crippen molar-refractivity contribution in [3.8, 4) is 5.75 Å². The van der Waals surface area contributed by atoms with Crippen LogP contribution in [0.25, 0.3) is 0 Å². The Morgan fingerprint density at radius 2 is 2.26 bits per heavy atom. The van der Waals surface area contributed by atoms with Crippen LogP contribution in [0.4, 0.5) is 0 Å². The normalized spacial score (nSPS) is 12.0. The van der Waals surface area contributed by atoms with Crippen molar-refractivity contribution in [1.29, 1.82) is 0 Å². The average Bonchev–Trinajstić information content (AvgIpc) is 2.36. The monoisotopic (exact) mass is 285 g/mol. The van der Waals surface area contributed by atoms with Crippen LogP contribution in [0.1, 0.15) is 37.0 Å². The number of amides is 1. The summed E-state index contributed by atoms with van der Waals surface area (Å²) in [5.41, 5.74) is 0.423. The molecule has 1 aromatic rings. The second-order valence-corrected chi connectivity index (χ2v) is 4.82. The van der Waals surface area contributed by atoms with Crippen LogP contribution in [0.15, 0.2) is 18.2 Å². The molecular weight excluding hydrogens is 266 g/mol. The highest BCUT2D eigenvalue weighted by molar-refractivity contribution is 6.31. The molecule has 4 nitrogen and oxygen atoms in total. The molecule has 5 heteroatoms. The molecule has 0 saturated heterocycles. The number of nitrogens with one attached hydrogen (secondary N) is 1. The molecule has 1 amide bonds. The van der Waals surface area contributed by atoms with Crippen LogP contribution in [0.5, 0.6) is 5.75 Å². The summed E-state index contributed by atoms with van der Waals surface area (Å²) in [5.74, 6) is 0.287. The lowest BCUT2D eigenvalue weighted by Gasteiger charge is -2.12. The summed E-state index contributed by atoms with van der Waals surface area (Å²) < 4.78 is 5.52. The molecule has 0 aromatic heterocycles. The number of hydrogen-bond acceptors (Lipinski definition) is 3. The smallest absolute Gasteiger partial charge is 0.255 e. The lowest BCUT2D eigenvalue weighted by atomic mass is 10.2. The van der Waals surface area contributed by atoms with Gasteiger partial charge in [-0.2, -0.15) is 0 Å². The van der Waals surface area contributed by atoms with Crippen molar-refractivity contribution in [3.05, 3.63) is 28.8 Å². The number of carbonyl (C=O) groups is 1. The van der Waals surface area contributed by atoms with Crippen LogP contribution in [0, 0.1) is 0 Å². The fraction of sp³-hybridized carbons (Fsp3) is 0.500. The van der Waals surface area contributed by atoms with Gasteiger partial charge in [0.2, 0.25) is 0 Å². The summed E-state index contributed by atoms with van der Waals surface area (Å²) in [5, 5.41) is 12.4. The maximum Gasteiger partial charge on any atom is 0.255 e. The highest BCUT2D eigenvalue weighted by Crippen LogP contribution is 2.23. The van der Waals surface area contributed by atoms with Gasteiger partial charge in [-0.25, -0.2) is 0 Å². The van der Waals surface area contributed by atoms with Gasteiger partial charge in [0.1, 0.15) is 5.75 Å². The van der Waals surface area contributed by atoms with Crippen molar-refractivity contribution in [2.75, 3.05) is 13.2 Å². The molecule has 0 heterocycles. The van der Waals surface area contributed by atoms with Crippen LogP contribution in [-0.4, -0.2) is 30.3 Å². The Labute approximate surface area is 118 Å². The van der Waals surface area contributed by atoms with E-state index in [1.165, 1.54) is 0 Å². The number of aliphatic hydroxyl groups is 1. The number of ether oxygens (including phenoxy) is 1. The first-order chi connectivity index (χ1) is 9.04. The van der Waals surface area contributed by atoms with Crippen LogP contribution in [-0.2, 0) is 0 Å². The molecular formula is C14H20ClNO3. The predicted molar refractivity (Wildman–Crippen MR) is 75.9 cm³/mol. The van der Waals surface area contributed by atoms with E-state index in [0.29, 0.717) is 35.9 Å². The van der Waals surface area contributed by atoms with Crippen LogP contribution < -0.4 is 10.1 Å². The quantitative estimate of drug-likeness (QED) is 0.810.